The molecule has 0 amide bonds. The van der Waals surface area contributed by atoms with Crippen molar-refractivity contribution in [1.82, 2.24) is 0 Å². The van der Waals surface area contributed by atoms with Crippen molar-refractivity contribution in [3.63, 3.8) is 0 Å². The summed E-state index contributed by atoms with van der Waals surface area (Å²) in [6.45, 7) is 4.52. The van der Waals surface area contributed by atoms with E-state index in [-0.39, 0.29) is 5.97 Å². The Balaban J connectivity index is 3.47. The summed E-state index contributed by atoms with van der Waals surface area (Å²) >= 11 is 0. The monoisotopic (exact) mass is 173 g/mol. The first-order chi connectivity index (χ1) is 5.72. The van der Waals surface area contributed by atoms with Gasteiger partial charge in [-0.05, 0) is 12.8 Å². The highest BCUT2D eigenvalue weighted by atomic mass is 16.5. The van der Waals surface area contributed by atoms with Crippen molar-refractivity contribution >= 4 is 5.97 Å². The van der Waals surface area contributed by atoms with Crippen molar-refractivity contribution in [3.8, 4) is 0 Å². The first kappa shape index (κ1) is 11.4. The molecule has 0 aromatic carbocycles. The van der Waals surface area contributed by atoms with Crippen LogP contribution in [0.3, 0.4) is 0 Å². The highest BCUT2D eigenvalue weighted by Crippen LogP contribution is 2.00. The average molecular weight is 173 g/mol. The maximum absolute atomic E-state index is 11.1. The first-order valence-electron chi connectivity index (χ1n) is 4.64. The molecule has 3 nitrogen and oxygen atoms in total. The number of carbonyl (C=O) groups is 1. The number of ether oxygens (including phenoxy) is 1. The van der Waals surface area contributed by atoms with E-state index in [9.17, 15) is 4.79 Å². The molecule has 1 atom stereocenters. The molecule has 0 radical (unpaired) electrons. The van der Waals surface area contributed by atoms with Gasteiger partial charge in [0.25, 0.3) is 0 Å². The molecular weight excluding hydrogens is 154 g/mol. The minimum Gasteiger partial charge on any atom is -0.465 e. The Morgan fingerprint density at radius 2 is 2.08 bits per heavy atom. The van der Waals surface area contributed by atoms with Gasteiger partial charge in [0, 0.05) is 0 Å². The van der Waals surface area contributed by atoms with Crippen LogP contribution < -0.4 is 5.73 Å². The zero-order valence-corrected chi connectivity index (χ0v) is 8.01. The summed E-state index contributed by atoms with van der Waals surface area (Å²) in [6.07, 6.45) is 3.64. The molecule has 0 saturated carbocycles. The van der Waals surface area contributed by atoms with E-state index in [0.717, 1.165) is 25.7 Å². The molecule has 0 rings (SSSR count). The number of unbranched alkanes of at least 4 members (excludes halogenated alkanes) is 1. The van der Waals surface area contributed by atoms with Crippen molar-refractivity contribution < 1.29 is 9.53 Å². The molecule has 12 heavy (non-hydrogen) atoms. The lowest BCUT2D eigenvalue weighted by atomic mass is 10.1. The predicted octanol–water partition coefficient (Wildman–Crippen LogP) is 1.46. The fourth-order valence-corrected chi connectivity index (χ4v) is 0.852. The maximum atomic E-state index is 11.1. The van der Waals surface area contributed by atoms with Gasteiger partial charge in [-0.15, -0.1) is 0 Å². The van der Waals surface area contributed by atoms with Crippen molar-refractivity contribution in [2.75, 3.05) is 6.61 Å². The first-order valence-corrected chi connectivity index (χ1v) is 4.64. The van der Waals surface area contributed by atoms with Gasteiger partial charge in [-0.3, -0.25) is 4.79 Å². The summed E-state index contributed by atoms with van der Waals surface area (Å²) in [6, 6.07) is -0.420. The zero-order chi connectivity index (χ0) is 9.40. The van der Waals surface area contributed by atoms with Gasteiger partial charge in [-0.25, -0.2) is 0 Å². The Bertz CT molecular complexity index is 126. The van der Waals surface area contributed by atoms with E-state index in [4.69, 9.17) is 10.5 Å². The number of esters is 1. The Labute approximate surface area is 74.3 Å². The second-order valence-corrected chi connectivity index (χ2v) is 2.92. The molecule has 0 unspecified atom stereocenters. The quantitative estimate of drug-likeness (QED) is 0.619. The van der Waals surface area contributed by atoms with E-state index in [1.807, 2.05) is 6.92 Å². The summed E-state index contributed by atoms with van der Waals surface area (Å²) in [7, 11) is 0. The Kier molecular flexibility index (Phi) is 6.76. The second-order valence-electron chi connectivity index (χ2n) is 2.92. The van der Waals surface area contributed by atoms with Crippen LogP contribution >= 0.6 is 0 Å². The smallest absolute Gasteiger partial charge is 0.322 e. The van der Waals surface area contributed by atoms with Crippen molar-refractivity contribution in [1.29, 1.82) is 0 Å². The Morgan fingerprint density at radius 3 is 2.58 bits per heavy atom. The zero-order valence-electron chi connectivity index (χ0n) is 8.01. The van der Waals surface area contributed by atoms with E-state index >= 15 is 0 Å². The summed E-state index contributed by atoms with van der Waals surface area (Å²) in [5.74, 6) is -0.259. The number of hydrogen-bond donors (Lipinski definition) is 1. The topological polar surface area (TPSA) is 52.3 Å². The largest absolute Gasteiger partial charge is 0.465 e. The molecule has 0 aliphatic carbocycles. The molecule has 0 bridgehead atoms. The Morgan fingerprint density at radius 1 is 1.42 bits per heavy atom. The van der Waals surface area contributed by atoms with Crippen molar-refractivity contribution in [2.45, 2.75) is 45.6 Å². The molecule has 0 heterocycles. The van der Waals surface area contributed by atoms with E-state index < -0.39 is 6.04 Å². The van der Waals surface area contributed by atoms with Gasteiger partial charge >= 0.3 is 5.97 Å². The van der Waals surface area contributed by atoms with Gasteiger partial charge in [0.05, 0.1) is 6.61 Å². The highest BCUT2D eigenvalue weighted by Gasteiger charge is 2.12. The normalized spacial score (nSPS) is 12.6. The maximum Gasteiger partial charge on any atom is 0.322 e. The number of nitrogens with two attached hydrogens (primary N) is 1. The molecule has 0 fully saturated rings. The third-order valence-corrected chi connectivity index (χ3v) is 1.62. The third kappa shape index (κ3) is 5.13. The molecule has 72 valence electrons. The molecule has 0 aliphatic heterocycles. The minimum atomic E-state index is -0.420. The molecule has 0 saturated heterocycles. The number of carbonyl (C=O) groups excluding carboxylic acids is 1. The van der Waals surface area contributed by atoms with Crippen LogP contribution in [0.1, 0.15) is 39.5 Å². The Hall–Kier alpha value is -0.570. The molecule has 2 N–H and O–H groups in total. The molecule has 0 aromatic rings. The van der Waals surface area contributed by atoms with E-state index in [2.05, 4.69) is 6.92 Å². The predicted molar refractivity (Wildman–Crippen MR) is 48.8 cm³/mol. The van der Waals surface area contributed by atoms with Gasteiger partial charge in [0.1, 0.15) is 6.04 Å². The highest BCUT2D eigenvalue weighted by molar-refractivity contribution is 5.75. The van der Waals surface area contributed by atoms with Crippen LogP contribution in [0.2, 0.25) is 0 Å². The molecule has 0 spiro atoms. The van der Waals surface area contributed by atoms with Crippen molar-refractivity contribution in [2.24, 2.45) is 5.73 Å². The fraction of sp³-hybridized carbons (Fsp3) is 0.889. The average Bonchev–Trinajstić information content (AvgIpc) is 2.10. The van der Waals surface area contributed by atoms with Crippen LogP contribution in [0.25, 0.3) is 0 Å². The minimum absolute atomic E-state index is 0.259. The summed E-state index contributed by atoms with van der Waals surface area (Å²) < 4.78 is 4.89. The fourth-order valence-electron chi connectivity index (χ4n) is 0.852. The SMILES string of the molecule is CCCC[C@H](N)C(=O)OCCC. The molecule has 0 aliphatic rings. The van der Waals surface area contributed by atoms with Crippen LogP contribution in [-0.2, 0) is 9.53 Å². The second kappa shape index (κ2) is 7.10. The lowest BCUT2D eigenvalue weighted by molar-refractivity contribution is -0.145. The van der Waals surface area contributed by atoms with Gasteiger partial charge in [0.15, 0.2) is 0 Å². The van der Waals surface area contributed by atoms with Gasteiger partial charge in [-0.2, -0.15) is 0 Å². The summed E-state index contributed by atoms with van der Waals surface area (Å²) in [5.41, 5.74) is 5.57. The summed E-state index contributed by atoms with van der Waals surface area (Å²) in [4.78, 5) is 11.1. The van der Waals surface area contributed by atoms with E-state index in [1.54, 1.807) is 0 Å². The van der Waals surface area contributed by atoms with Crippen LogP contribution in [0.5, 0.6) is 0 Å². The van der Waals surface area contributed by atoms with Crippen LogP contribution in [-0.4, -0.2) is 18.6 Å². The van der Waals surface area contributed by atoms with Crippen LogP contribution in [0, 0.1) is 0 Å². The lowest BCUT2D eigenvalue weighted by Gasteiger charge is -2.09. The van der Waals surface area contributed by atoms with E-state index in [0.29, 0.717) is 6.61 Å². The van der Waals surface area contributed by atoms with Gasteiger partial charge in [-0.1, -0.05) is 26.7 Å². The number of hydrogen-bond acceptors (Lipinski definition) is 3. The summed E-state index contributed by atoms with van der Waals surface area (Å²) in [5, 5.41) is 0. The molecule has 3 heteroatoms. The van der Waals surface area contributed by atoms with Gasteiger partial charge in [0.2, 0.25) is 0 Å². The molecular formula is C9H19NO2. The van der Waals surface area contributed by atoms with Gasteiger partial charge < -0.3 is 10.5 Å². The van der Waals surface area contributed by atoms with Crippen LogP contribution in [0.4, 0.5) is 0 Å². The van der Waals surface area contributed by atoms with Crippen LogP contribution in [0.15, 0.2) is 0 Å². The third-order valence-electron chi connectivity index (χ3n) is 1.62. The van der Waals surface area contributed by atoms with Crippen molar-refractivity contribution in [3.05, 3.63) is 0 Å². The van der Waals surface area contributed by atoms with E-state index in [1.165, 1.54) is 0 Å². The standard InChI is InChI=1S/C9H19NO2/c1-3-5-6-8(10)9(11)12-7-4-2/h8H,3-7,10H2,1-2H3/t8-/m0/s1. The molecule has 0 aromatic heterocycles. The number of rotatable bonds is 6. The lowest BCUT2D eigenvalue weighted by Crippen LogP contribution is -2.32.